The number of carbonyl (C=O) groups is 1. The van der Waals surface area contributed by atoms with E-state index >= 15 is 0 Å². The first-order valence-electron chi connectivity index (χ1n) is 6.28. The van der Waals surface area contributed by atoms with E-state index in [1.165, 1.54) is 0 Å². The number of pyridine rings is 1. The third kappa shape index (κ3) is 4.13. The third-order valence-corrected chi connectivity index (χ3v) is 3.19. The zero-order chi connectivity index (χ0) is 17.2. The Morgan fingerprint density at radius 1 is 1.43 bits per heavy atom. The van der Waals surface area contributed by atoms with Crippen molar-refractivity contribution < 1.29 is 27.3 Å². The summed E-state index contributed by atoms with van der Waals surface area (Å²) in [6, 6.07) is 0.657. The van der Waals surface area contributed by atoms with Crippen molar-refractivity contribution in [2.75, 3.05) is 0 Å². The number of amides is 1. The molecule has 1 amide bonds. The molecule has 0 bridgehead atoms. The fraction of sp³-hybridized carbons (Fsp3) is 0.308. The van der Waals surface area contributed by atoms with Crippen molar-refractivity contribution in [3.05, 3.63) is 39.9 Å². The van der Waals surface area contributed by atoms with E-state index in [0.29, 0.717) is 29.3 Å². The molecule has 2 aromatic rings. The molecule has 0 aliphatic carbocycles. The molecule has 2 heterocycles. The van der Waals surface area contributed by atoms with Gasteiger partial charge in [0.2, 0.25) is 0 Å². The molecular formula is C13H11ClF3N3O3. The van der Waals surface area contributed by atoms with Crippen LogP contribution in [0.3, 0.4) is 0 Å². The number of halogens is 4. The number of nitrogens with one attached hydrogen (secondary N) is 1. The van der Waals surface area contributed by atoms with Crippen molar-refractivity contribution in [1.82, 2.24) is 15.6 Å². The van der Waals surface area contributed by atoms with Gasteiger partial charge < -0.3 is 9.36 Å². The zero-order valence-electron chi connectivity index (χ0n) is 12.0. The van der Waals surface area contributed by atoms with Crippen LogP contribution in [0.1, 0.15) is 22.6 Å². The second-order valence-corrected chi connectivity index (χ2v) is 5.02. The van der Waals surface area contributed by atoms with Crippen LogP contribution >= 0.6 is 11.6 Å². The van der Waals surface area contributed by atoms with Crippen LogP contribution in [0.2, 0.25) is 5.02 Å². The Morgan fingerprint density at radius 3 is 2.65 bits per heavy atom. The monoisotopic (exact) mass is 349 g/mol. The number of hydrogen-bond donors (Lipinski definition) is 1. The molecule has 0 atom stereocenters. The van der Waals surface area contributed by atoms with E-state index < -0.39 is 17.6 Å². The molecule has 6 nitrogen and oxygen atoms in total. The largest absolute Gasteiger partial charge is 0.417 e. The van der Waals surface area contributed by atoms with Crippen LogP contribution in [0.5, 0.6) is 5.88 Å². The van der Waals surface area contributed by atoms with Crippen molar-refractivity contribution in [2.24, 2.45) is 0 Å². The van der Waals surface area contributed by atoms with Gasteiger partial charge in [0.25, 0.3) is 11.8 Å². The van der Waals surface area contributed by atoms with Gasteiger partial charge in [-0.1, -0.05) is 16.8 Å². The van der Waals surface area contributed by atoms with E-state index in [9.17, 15) is 18.0 Å². The van der Waals surface area contributed by atoms with Gasteiger partial charge in [-0.05, 0) is 19.9 Å². The van der Waals surface area contributed by atoms with Crippen molar-refractivity contribution in [3.8, 4) is 5.88 Å². The highest BCUT2D eigenvalue weighted by Crippen LogP contribution is 2.32. The summed E-state index contributed by atoms with van der Waals surface area (Å²) in [5.41, 5.74) is 2.19. The number of alkyl halides is 3. The lowest BCUT2D eigenvalue weighted by atomic mass is 10.1. The van der Waals surface area contributed by atoms with Gasteiger partial charge in [0.05, 0.1) is 17.7 Å². The van der Waals surface area contributed by atoms with E-state index in [0.717, 1.165) is 0 Å². The van der Waals surface area contributed by atoms with Crippen LogP contribution in [-0.4, -0.2) is 16.0 Å². The minimum atomic E-state index is -4.57. The third-order valence-electron chi connectivity index (χ3n) is 2.91. The molecule has 2 aromatic heterocycles. The number of aromatic nitrogens is 2. The summed E-state index contributed by atoms with van der Waals surface area (Å²) in [7, 11) is 0. The minimum Gasteiger partial charge on any atom is -0.361 e. The van der Waals surface area contributed by atoms with Crippen LogP contribution in [0.4, 0.5) is 13.2 Å². The topological polar surface area (TPSA) is 77.2 Å². The van der Waals surface area contributed by atoms with E-state index in [1.807, 2.05) is 0 Å². The quantitative estimate of drug-likeness (QED) is 0.859. The van der Waals surface area contributed by atoms with Gasteiger partial charge in [-0.2, -0.15) is 18.7 Å². The van der Waals surface area contributed by atoms with Crippen LogP contribution in [-0.2, 0) is 17.4 Å². The highest BCUT2D eigenvalue weighted by atomic mass is 35.5. The lowest BCUT2D eigenvalue weighted by molar-refractivity contribution is -0.138. The summed E-state index contributed by atoms with van der Waals surface area (Å²) in [5.74, 6) is -0.410. The highest BCUT2D eigenvalue weighted by molar-refractivity contribution is 6.31. The summed E-state index contributed by atoms with van der Waals surface area (Å²) in [6.45, 7) is 3.33. The Balaban J connectivity index is 2.00. The molecule has 1 N–H and O–H groups in total. The Kier molecular flexibility index (Phi) is 4.79. The Bertz CT molecular complexity index is 711. The van der Waals surface area contributed by atoms with Gasteiger partial charge in [0, 0.05) is 11.8 Å². The summed E-state index contributed by atoms with van der Waals surface area (Å²) >= 11 is 5.65. The number of hydrogen-bond acceptors (Lipinski definition) is 5. The van der Waals surface area contributed by atoms with E-state index in [1.54, 1.807) is 13.8 Å². The maximum Gasteiger partial charge on any atom is 0.417 e. The molecule has 0 saturated carbocycles. The summed E-state index contributed by atoms with van der Waals surface area (Å²) in [6.07, 6.45) is -4.08. The zero-order valence-corrected chi connectivity index (χ0v) is 12.7. The average Bonchev–Trinajstić information content (AvgIpc) is 2.77. The Hall–Kier alpha value is -2.29. The molecule has 0 aliphatic heterocycles. The molecule has 10 heteroatoms. The molecule has 2 rings (SSSR count). The lowest BCUT2D eigenvalue weighted by Crippen LogP contribution is -2.29. The van der Waals surface area contributed by atoms with Crippen LogP contribution in [0, 0.1) is 13.8 Å². The van der Waals surface area contributed by atoms with Crippen molar-refractivity contribution in [1.29, 1.82) is 0 Å². The van der Waals surface area contributed by atoms with Gasteiger partial charge in [0.15, 0.2) is 0 Å². The van der Waals surface area contributed by atoms with E-state index in [-0.39, 0.29) is 17.3 Å². The Labute approximate surface area is 133 Å². The van der Waals surface area contributed by atoms with Gasteiger partial charge in [-0.15, -0.1) is 0 Å². The second-order valence-electron chi connectivity index (χ2n) is 4.62. The molecule has 0 aromatic carbocycles. The first-order chi connectivity index (χ1) is 10.7. The van der Waals surface area contributed by atoms with Crippen molar-refractivity contribution in [3.63, 3.8) is 0 Å². The number of rotatable bonds is 4. The number of hydroxylamine groups is 1. The van der Waals surface area contributed by atoms with Gasteiger partial charge in [-0.3, -0.25) is 4.79 Å². The predicted octanol–water partition coefficient (Wildman–Crippen LogP) is 3.01. The first-order valence-corrected chi connectivity index (χ1v) is 6.66. The molecule has 23 heavy (non-hydrogen) atoms. The summed E-state index contributed by atoms with van der Waals surface area (Å²) in [4.78, 5) is 20.0. The van der Waals surface area contributed by atoms with E-state index in [4.69, 9.17) is 21.0 Å². The Morgan fingerprint density at radius 2 is 2.13 bits per heavy atom. The predicted molar refractivity (Wildman–Crippen MR) is 72.7 cm³/mol. The molecule has 0 spiro atoms. The normalized spacial score (nSPS) is 11.4. The summed E-state index contributed by atoms with van der Waals surface area (Å²) < 4.78 is 42.3. The maximum atomic E-state index is 12.5. The molecule has 0 radical (unpaired) electrons. The van der Waals surface area contributed by atoms with Crippen LogP contribution in [0.25, 0.3) is 0 Å². The summed E-state index contributed by atoms with van der Waals surface area (Å²) in [5, 5.41) is 3.32. The van der Waals surface area contributed by atoms with E-state index in [2.05, 4.69) is 15.6 Å². The smallest absolute Gasteiger partial charge is 0.361 e. The van der Waals surface area contributed by atoms with Gasteiger partial charge in [0.1, 0.15) is 10.8 Å². The van der Waals surface area contributed by atoms with Crippen LogP contribution < -0.4 is 10.3 Å². The van der Waals surface area contributed by atoms with Crippen molar-refractivity contribution >= 4 is 17.5 Å². The van der Waals surface area contributed by atoms with Gasteiger partial charge >= 0.3 is 6.18 Å². The number of aryl methyl sites for hydroxylation is 2. The molecule has 0 aliphatic rings. The molecular weight excluding hydrogens is 339 g/mol. The molecule has 0 saturated heterocycles. The highest BCUT2D eigenvalue weighted by Gasteiger charge is 2.31. The lowest BCUT2D eigenvalue weighted by Gasteiger charge is -2.10. The SMILES string of the molecule is Cc1noc(C)c1CC(=O)NOc1ncc(C(F)(F)F)cc1Cl. The first kappa shape index (κ1) is 17.1. The molecule has 0 unspecified atom stereocenters. The fourth-order valence-electron chi connectivity index (χ4n) is 1.71. The fourth-order valence-corrected chi connectivity index (χ4v) is 1.92. The van der Waals surface area contributed by atoms with Crippen LogP contribution in [0.15, 0.2) is 16.8 Å². The number of nitrogens with zero attached hydrogens (tertiary/aromatic N) is 2. The van der Waals surface area contributed by atoms with Crippen molar-refractivity contribution in [2.45, 2.75) is 26.4 Å². The number of carbonyl (C=O) groups excluding carboxylic acids is 1. The average molecular weight is 350 g/mol. The second kappa shape index (κ2) is 6.45. The maximum absolute atomic E-state index is 12.5. The minimum absolute atomic E-state index is 0.0700. The standard InChI is InChI=1S/C13H11ClF3N3O3/c1-6-9(7(2)22-19-6)4-11(21)20-23-12-10(14)3-8(5-18-12)13(15,16)17/h3,5H,4H2,1-2H3,(H,20,21). The van der Waals surface area contributed by atoms with Gasteiger partial charge in [-0.25, -0.2) is 4.98 Å². The molecule has 0 fully saturated rings. The molecule has 124 valence electrons.